The second-order valence-electron chi connectivity index (χ2n) is 6.36. The van der Waals surface area contributed by atoms with Gasteiger partial charge in [0, 0.05) is 20.1 Å². The van der Waals surface area contributed by atoms with Gasteiger partial charge in [0.05, 0.1) is 18.2 Å². The van der Waals surface area contributed by atoms with E-state index in [-0.39, 0.29) is 5.97 Å². The minimum Gasteiger partial charge on any atom is -0.465 e. The standard InChI is InChI=1S/C15H21IN2O3Si/c1-20-15(19)11-5-6-13-12(9-11)14(16)17-18(13)10-21-7-8-22(2,3)4/h5-6,9H,7-8,10H2,1-4H3. The number of halogens is 1. The van der Waals surface area contributed by atoms with Gasteiger partial charge in [0.1, 0.15) is 10.4 Å². The predicted molar refractivity (Wildman–Crippen MR) is 97.9 cm³/mol. The van der Waals surface area contributed by atoms with Gasteiger partial charge in [-0.25, -0.2) is 9.48 Å². The van der Waals surface area contributed by atoms with E-state index in [1.165, 1.54) is 7.11 Å². The van der Waals surface area contributed by atoms with Gasteiger partial charge in [0.15, 0.2) is 0 Å². The van der Waals surface area contributed by atoms with Crippen molar-refractivity contribution in [3.8, 4) is 0 Å². The van der Waals surface area contributed by atoms with Gasteiger partial charge in [-0.3, -0.25) is 0 Å². The first-order valence-electron chi connectivity index (χ1n) is 7.14. The van der Waals surface area contributed by atoms with Gasteiger partial charge < -0.3 is 9.47 Å². The van der Waals surface area contributed by atoms with E-state index in [4.69, 9.17) is 9.47 Å². The van der Waals surface area contributed by atoms with Crippen LogP contribution >= 0.6 is 22.6 Å². The van der Waals surface area contributed by atoms with Crippen LogP contribution < -0.4 is 0 Å². The van der Waals surface area contributed by atoms with Gasteiger partial charge in [-0.1, -0.05) is 19.6 Å². The highest BCUT2D eigenvalue weighted by Gasteiger charge is 2.14. The van der Waals surface area contributed by atoms with E-state index in [1.807, 2.05) is 16.8 Å². The van der Waals surface area contributed by atoms with Crippen LogP contribution in [0.4, 0.5) is 0 Å². The summed E-state index contributed by atoms with van der Waals surface area (Å²) in [5.41, 5.74) is 1.50. The normalized spacial score (nSPS) is 11.9. The van der Waals surface area contributed by atoms with E-state index in [1.54, 1.807) is 6.07 Å². The Balaban J connectivity index is 2.13. The Kier molecular flexibility index (Phi) is 5.62. The van der Waals surface area contributed by atoms with Crippen LogP contribution in [0, 0.1) is 3.70 Å². The largest absolute Gasteiger partial charge is 0.465 e. The lowest BCUT2D eigenvalue weighted by Gasteiger charge is -2.15. The lowest BCUT2D eigenvalue weighted by Crippen LogP contribution is -2.22. The highest BCUT2D eigenvalue weighted by molar-refractivity contribution is 14.1. The smallest absolute Gasteiger partial charge is 0.337 e. The summed E-state index contributed by atoms with van der Waals surface area (Å²) in [6, 6.07) is 6.59. The first kappa shape index (κ1) is 17.4. The van der Waals surface area contributed by atoms with Gasteiger partial charge >= 0.3 is 5.97 Å². The minimum absolute atomic E-state index is 0.336. The number of benzene rings is 1. The number of carbonyl (C=O) groups excluding carboxylic acids is 1. The van der Waals surface area contributed by atoms with Gasteiger partial charge in [-0.05, 0) is 46.8 Å². The van der Waals surface area contributed by atoms with Gasteiger partial charge in [-0.15, -0.1) is 0 Å². The molecule has 0 N–H and O–H groups in total. The number of esters is 1. The fourth-order valence-corrected chi connectivity index (χ4v) is 3.46. The van der Waals surface area contributed by atoms with Crippen LogP contribution in [0.2, 0.25) is 25.7 Å². The van der Waals surface area contributed by atoms with Crippen LogP contribution in [0.3, 0.4) is 0 Å². The van der Waals surface area contributed by atoms with Crippen LogP contribution in [0.15, 0.2) is 18.2 Å². The SMILES string of the molecule is COC(=O)c1ccc2c(c1)c(I)nn2COCC[Si](C)(C)C. The molecule has 0 spiro atoms. The molecule has 1 aromatic heterocycles. The van der Waals surface area contributed by atoms with Crippen molar-refractivity contribution >= 4 is 47.5 Å². The quantitative estimate of drug-likeness (QED) is 0.302. The molecule has 0 aliphatic carbocycles. The summed E-state index contributed by atoms with van der Waals surface area (Å²) in [5.74, 6) is -0.336. The Morgan fingerprint density at radius 1 is 1.36 bits per heavy atom. The third-order valence-electron chi connectivity index (χ3n) is 3.34. The van der Waals surface area contributed by atoms with Crippen LogP contribution in [-0.4, -0.2) is 37.5 Å². The van der Waals surface area contributed by atoms with E-state index in [9.17, 15) is 4.79 Å². The van der Waals surface area contributed by atoms with E-state index in [0.717, 1.165) is 27.3 Å². The molecular formula is C15H21IN2O3Si. The average molecular weight is 432 g/mol. The number of hydrogen-bond acceptors (Lipinski definition) is 4. The molecule has 5 nitrogen and oxygen atoms in total. The monoisotopic (exact) mass is 432 g/mol. The van der Waals surface area contributed by atoms with Gasteiger partial charge in [-0.2, -0.15) is 5.10 Å². The molecule has 1 heterocycles. The number of hydrogen-bond donors (Lipinski definition) is 0. The number of ether oxygens (including phenoxy) is 2. The van der Waals surface area contributed by atoms with Crippen molar-refractivity contribution in [3.63, 3.8) is 0 Å². The van der Waals surface area contributed by atoms with E-state index >= 15 is 0 Å². The van der Waals surface area contributed by atoms with E-state index in [2.05, 4.69) is 47.3 Å². The van der Waals surface area contributed by atoms with Crippen LogP contribution in [0.25, 0.3) is 10.9 Å². The number of methoxy groups -OCH3 is 1. The number of nitrogens with zero attached hydrogens (tertiary/aromatic N) is 2. The lowest BCUT2D eigenvalue weighted by atomic mass is 10.1. The zero-order valence-corrected chi connectivity index (χ0v) is 16.5. The molecule has 0 unspecified atom stereocenters. The van der Waals surface area contributed by atoms with Crippen LogP contribution in [-0.2, 0) is 16.2 Å². The summed E-state index contributed by atoms with van der Waals surface area (Å²) < 4.78 is 13.2. The molecule has 2 aromatic rings. The maximum atomic E-state index is 11.6. The average Bonchev–Trinajstić information content (AvgIpc) is 2.78. The molecule has 0 fully saturated rings. The minimum atomic E-state index is -1.08. The topological polar surface area (TPSA) is 53.3 Å². The van der Waals surface area contributed by atoms with Crippen molar-refractivity contribution in [1.82, 2.24) is 9.78 Å². The Morgan fingerprint density at radius 2 is 2.09 bits per heavy atom. The summed E-state index contributed by atoms with van der Waals surface area (Å²) >= 11 is 2.17. The van der Waals surface area contributed by atoms with Crippen molar-refractivity contribution in [2.45, 2.75) is 32.4 Å². The molecule has 0 atom stereocenters. The van der Waals surface area contributed by atoms with Crippen LogP contribution in [0.5, 0.6) is 0 Å². The summed E-state index contributed by atoms with van der Waals surface area (Å²) in [6.07, 6.45) is 0. The molecule has 120 valence electrons. The van der Waals surface area contributed by atoms with Gasteiger partial charge in [0.25, 0.3) is 0 Å². The molecule has 0 aliphatic heterocycles. The number of aromatic nitrogens is 2. The molecular weight excluding hydrogens is 411 g/mol. The number of carbonyl (C=O) groups is 1. The Hall–Kier alpha value is -0.933. The fraction of sp³-hybridized carbons (Fsp3) is 0.467. The molecule has 2 rings (SSSR count). The summed E-state index contributed by atoms with van der Waals surface area (Å²) in [4.78, 5) is 11.6. The molecule has 0 saturated heterocycles. The molecule has 0 saturated carbocycles. The van der Waals surface area contributed by atoms with Crippen molar-refractivity contribution in [1.29, 1.82) is 0 Å². The molecule has 0 bridgehead atoms. The van der Waals surface area contributed by atoms with Crippen molar-refractivity contribution in [2.24, 2.45) is 0 Å². The zero-order valence-electron chi connectivity index (χ0n) is 13.4. The molecule has 0 aliphatic rings. The van der Waals surface area contributed by atoms with Crippen molar-refractivity contribution in [3.05, 3.63) is 27.5 Å². The molecule has 1 aromatic carbocycles. The first-order chi connectivity index (χ1) is 10.3. The third kappa shape index (κ3) is 4.29. The second kappa shape index (κ2) is 7.09. The van der Waals surface area contributed by atoms with Crippen LogP contribution in [0.1, 0.15) is 10.4 Å². The highest BCUT2D eigenvalue weighted by Crippen LogP contribution is 2.22. The molecule has 0 amide bonds. The molecule has 22 heavy (non-hydrogen) atoms. The maximum Gasteiger partial charge on any atom is 0.337 e. The maximum absolute atomic E-state index is 11.6. The number of fused-ring (bicyclic) bond motifs is 1. The summed E-state index contributed by atoms with van der Waals surface area (Å²) in [5, 5.41) is 5.43. The molecule has 7 heteroatoms. The zero-order chi connectivity index (χ0) is 16.3. The van der Waals surface area contributed by atoms with Gasteiger partial charge in [0.2, 0.25) is 0 Å². The molecule has 0 radical (unpaired) electrons. The highest BCUT2D eigenvalue weighted by atomic mass is 127. The Bertz CT molecular complexity index is 679. The third-order valence-corrected chi connectivity index (χ3v) is 5.84. The second-order valence-corrected chi connectivity index (χ2v) is 13.0. The predicted octanol–water partition coefficient (Wildman–Crippen LogP) is 3.74. The van der Waals surface area contributed by atoms with Crippen molar-refractivity contribution < 1.29 is 14.3 Å². The fourth-order valence-electron chi connectivity index (χ4n) is 2.01. The Labute approximate surface area is 145 Å². The van der Waals surface area contributed by atoms with E-state index in [0.29, 0.717) is 12.3 Å². The van der Waals surface area contributed by atoms with E-state index < -0.39 is 8.07 Å². The first-order valence-corrected chi connectivity index (χ1v) is 11.9. The Morgan fingerprint density at radius 3 is 2.73 bits per heavy atom. The summed E-state index contributed by atoms with van der Waals surface area (Å²) in [7, 11) is 0.307. The summed E-state index contributed by atoms with van der Waals surface area (Å²) in [6.45, 7) is 8.18. The lowest BCUT2D eigenvalue weighted by molar-refractivity contribution is 0.0601. The number of rotatable bonds is 6. The van der Waals surface area contributed by atoms with Crippen molar-refractivity contribution in [2.75, 3.05) is 13.7 Å².